The topological polar surface area (TPSA) is 49.4 Å². The molecule has 20 heavy (non-hydrogen) atoms. The highest BCUT2D eigenvalue weighted by atomic mass is 79.9. The molecule has 2 fully saturated rings. The van der Waals surface area contributed by atoms with E-state index in [9.17, 15) is 8.42 Å². The zero-order valence-electron chi connectivity index (χ0n) is 11.0. The summed E-state index contributed by atoms with van der Waals surface area (Å²) in [4.78, 5) is 0.398. The Bertz CT molecular complexity index is 550. The van der Waals surface area contributed by atoms with Crippen LogP contribution in [0.1, 0.15) is 19.3 Å². The molecular formula is C13H18BrClN2O2S. The molecule has 0 aliphatic carbocycles. The zero-order valence-corrected chi connectivity index (χ0v) is 14.2. The number of hydrogen-bond acceptors (Lipinski definition) is 3. The molecule has 2 heterocycles. The van der Waals surface area contributed by atoms with Gasteiger partial charge in [0.2, 0.25) is 10.0 Å². The van der Waals surface area contributed by atoms with Gasteiger partial charge >= 0.3 is 0 Å². The number of rotatable bonds is 2. The second-order valence-electron chi connectivity index (χ2n) is 5.17. The molecule has 1 N–H and O–H groups in total. The molecule has 2 bridgehead atoms. The summed E-state index contributed by atoms with van der Waals surface area (Å²) in [6.45, 7) is 1.68. The smallest absolute Gasteiger partial charge is 0.243 e. The average molecular weight is 382 g/mol. The van der Waals surface area contributed by atoms with Crippen molar-refractivity contribution in [2.75, 3.05) is 13.1 Å². The Labute approximate surface area is 134 Å². The van der Waals surface area contributed by atoms with Crippen molar-refractivity contribution in [1.29, 1.82) is 0 Å². The summed E-state index contributed by atoms with van der Waals surface area (Å²) in [5.41, 5.74) is 0. The van der Waals surface area contributed by atoms with Gasteiger partial charge in [-0.2, -0.15) is 4.31 Å². The van der Waals surface area contributed by atoms with Crippen molar-refractivity contribution in [2.45, 2.75) is 36.2 Å². The van der Waals surface area contributed by atoms with Crippen LogP contribution in [0, 0.1) is 0 Å². The number of nitrogens with zero attached hydrogens (tertiary/aromatic N) is 1. The highest BCUT2D eigenvalue weighted by molar-refractivity contribution is 9.10. The van der Waals surface area contributed by atoms with Crippen molar-refractivity contribution < 1.29 is 8.42 Å². The van der Waals surface area contributed by atoms with Gasteiger partial charge in [-0.15, -0.1) is 12.4 Å². The van der Waals surface area contributed by atoms with Gasteiger partial charge in [-0.3, -0.25) is 0 Å². The minimum atomic E-state index is -3.37. The van der Waals surface area contributed by atoms with E-state index in [4.69, 9.17) is 0 Å². The largest absolute Gasteiger partial charge is 0.315 e. The molecule has 112 valence electrons. The fourth-order valence-corrected chi connectivity index (χ4v) is 5.22. The third-order valence-electron chi connectivity index (χ3n) is 3.98. The lowest BCUT2D eigenvalue weighted by Gasteiger charge is -2.26. The van der Waals surface area contributed by atoms with Crippen LogP contribution < -0.4 is 5.32 Å². The lowest BCUT2D eigenvalue weighted by molar-refractivity contribution is 0.334. The maximum atomic E-state index is 12.8. The Morgan fingerprint density at radius 3 is 2.45 bits per heavy atom. The van der Waals surface area contributed by atoms with Crippen LogP contribution in [0.2, 0.25) is 0 Å². The fraction of sp³-hybridized carbons (Fsp3) is 0.538. The monoisotopic (exact) mass is 380 g/mol. The quantitative estimate of drug-likeness (QED) is 0.856. The van der Waals surface area contributed by atoms with E-state index in [1.165, 1.54) is 0 Å². The Balaban J connectivity index is 0.00000147. The maximum Gasteiger partial charge on any atom is 0.243 e. The molecule has 3 rings (SSSR count). The molecule has 2 aliphatic rings. The van der Waals surface area contributed by atoms with Crippen molar-refractivity contribution in [1.82, 2.24) is 9.62 Å². The Morgan fingerprint density at radius 2 is 1.75 bits per heavy atom. The lowest BCUT2D eigenvalue weighted by atomic mass is 10.1. The molecule has 4 nitrogen and oxygen atoms in total. The van der Waals surface area contributed by atoms with Gasteiger partial charge in [-0.1, -0.05) is 15.9 Å². The van der Waals surface area contributed by atoms with Crippen LogP contribution >= 0.6 is 28.3 Å². The predicted molar refractivity (Wildman–Crippen MR) is 84.7 cm³/mol. The standard InChI is InChI=1S/C13H17BrN2O2S.ClH/c14-10-1-5-13(6-2-10)19(17,18)16-11-3-4-12(16)9-15-8-7-11;/h1-2,5-6,11-12,15H,3-4,7-9H2;1H. The van der Waals surface area contributed by atoms with Crippen LogP contribution in [0.15, 0.2) is 33.6 Å². The van der Waals surface area contributed by atoms with Gasteiger partial charge in [-0.05, 0) is 50.1 Å². The maximum absolute atomic E-state index is 12.8. The van der Waals surface area contributed by atoms with Crippen LogP contribution in [0.3, 0.4) is 0 Å². The summed E-state index contributed by atoms with van der Waals surface area (Å²) < 4.78 is 28.2. The first-order valence-electron chi connectivity index (χ1n) is 6.59. The molecule has 1 aromatic carbocycles. The second kappa shape index (κ2) is 6.32. The molecule has 0 spiro atoms. The summed E-state index contributed by atoms with van der Waals surface area (Å²) in [6.07, 6.45) is 2.86. The number of fused-ring (bicyclic) bond motifs is 2. The summed E-state index contributed by atoms with van der Waals surface area (Å²) >= 11 is 3.34. The van der Waals surface area contributed by atoms with E-state index < -0.39 is 10.0 Å². The zero-order chi connectivity index (χ0) is 13.5. The first kappa shape index (κ1) is 16.2. The molecular weight excluding hydrogens is 364 g/mol. The van der Waals surface area contributed by atoms with Gasteiger partial charge in [0.15, 0.2) is 0 Å². The van der Waals surface area contributed by atoms with Crippen molar-refractivity contribution in [3.05, 3.63) is 28.7 Å². The number of nitrogens with one attached hydrogen (secondary N) is 1. The van der Waals surface area contributed by atoms with E-state index in [1.807, 2.05) is 0 Å². The van der Waals surface area contributed by atoms with Gasteiger partial charge in [-0.25, -0.2) is 8.42 Å². The molecule has 0 radical (unpaired) electrons. The predicted octanol–water partition coefficient (Wildman–Crippen LogP) is 2.39. The molecule has 0 aromatic heterocycles. The Hall–Kier alpha value is -0.140. The summed E-state index contributed by atoms with van der Waals surface area (Å²) in [5.74, 6) is 0. The van der Waals surface area contributed by atoms with Gasteiger partial charge in [0.05, 0.1) is 4.90 Å². The van der Waals surface area contributed by atoms with Crippen LogP contribution in [0.4, 0.5) is 0 Å². The Kier molecular flexibility index (Phi) is 5.13. The van der Waals surface area contributed by atoms with Crippen LogP contribution in [-0.2, 0) is 10.0 Å². The number of benzene rings is 1. The van der Waals surface area contributed by atoms with Crippen LogP contribution in [-0.4, -0.2) is 37.9 Å². The first-order chi connectivity index (χ1) is 9.09. The minimum absolute atomic E-state index is 0. The average Bonchev–Trinajstić information content (AvgIpc) is 2.64. The van der Waals surface area contributed by atoms with Gasteiger partial charge in [0, 0.05) is 23.1 Å². The van der Waals surface area contributed by atoms with Crippen LogP contribution in [0.5, 0.6) is 0 Å². The summed E-state index contributed by atoms with van der Waals surface area (Å²) in [5, 5.41) is 3.33. The highest BCUT2D eigenvalue weighted by Crippen LogP contribution is 2.33. The van der Waals surface area contributed by atoms with E-state index in [1.54, 1.807) is 28.6 Å². The molecule has 2 atom stereocenters. The molecule has 0 saturated carbocycles. The van der Waals surface area contributed by atoms with Crippen LogP contribution in [0.25, 0.3) is 0 Å². The lowest BCUT2D eigenvalue weighted by Crippen LogP contribution is -2.42. The van der Waals surface area contributed by atoms with Gasteiger partial charge < -0.3 is 5.32 Å². The number of halogens is 2. The van der Waals surface area contributed by atoms with Crippen molar-refractivity contribution in [2.24, 2.45) is 0 Å². The van der Waals surface area contributed by atoms with Crippen molar-refractivity contribution in [3.63, 3.8) is 0 Å². The number of sulfonamides is 1. The summed E-state index contributed by atoms with van der Waals surface area (Å²) in [6, 6.07) is 7.19. The van der Waals surface area contributed by atoms with E-state index in [2.05, 4.69) is 21.2 Å². The highest BCUT2D eigenvalue weighted by Gasteiger charge is 2.42. The van der Waals surface area contributed by atoms with Gasteiger partial charge in [0.1, 0.15) is 0 Å². The van der Waals surface area contributed by atoms with E-state index in [0.717, 1.165) is 36.8 Å². The summed E-state index contributed by atoms with van der Waals surface area (Å²) in [7, 11) is -3.37. The minimum Gasteiger partial charge on any atom is -0.315 e. The van der Waals surface area contributed by atoms with E-state index >= 15 is 0 Å². The van der Waals surface area contributed by atoms with E-state index in [-0.39, 0.29) is 24.5 Å². The molecule has 0 amide bonds. The first-order valence-corrected chi connectivity index (χ1v) is 8.82. The van der Waals surface area contributed by atoms with Crippen molar-refractivity contribution in [3.8, 4) is 0 Å². The molecule has 1 aromatic rings. The molecule has 2 saturated heterocycles. The molecule has 2 aliphatic heterocycles. The third-order valence-corrected chi connectivity index (χ3v) is 6.52. The second-order valence-corrected chi connectivity index (χ2v) is 7.93. The third kappa shape index (κ3) is 2.90. The van der Waals surface area contributed by atoms with Crippen molar-refractivity contribution >= 4 is 38.4 Å². The van der Waals surface area contributed by atoms with Gasteiger partial charge in [0.25, 0.3) is 0 Å². The molecule has 7 heteroatoms. The Morgan fingerprint density at radius 1 is 1.10 bits per heavy atom. The SMILES string of the molecule is Cl.O=S(=O)(c1ccc(Br)cc1)N1C2CCNCC1CC2. The number of hydrogen-bond donors (Lipinski definition) is 1. The molecule has 2 unspecified atom stereocenters. The fourth-order valence-electron chi connectivity index (χ4n) is 3.06. The van der Waals surface area contributed by atoms with E-state index in [0.29, 0.717) is 4.90 Å². The normalized spacial score (nSPS) is 26.9.